The van der Waals surface area contributed by atoms with E-state index in [0.717, 1.165) is 24.9 Å². The first-order valence-electron chi connectivity index (χ1n) is 7.99. The molecule has 1 N–H and O–H groups in total. The molecule has 0 amide bonds. The fraction of sp³-hybridized carbons (Fsp3) is 0.647. The van der Waals surface area contributed by atoms with Crippen molar-refractivity contribution in [3.63, 3.8) is 0 Å². The van der Waals surface area contributed by atoms with Crippen molar-refractivity contribution in [2.75, 3.05) is 52.9 Å². The molecular weight excluding hydrogens is 246 g/mol. The van der Waals surface area contributed by atoms with Crippen LogP contribution in [-0.2, 0) is 0 Å². The molecule has 110 valence electrons. The van der Waals surface area contributed by atoms with Gasteiger partial charge in [0.25, 0.3) is 0 Å². The second-order valence-corrected chi connectivity index (χ2v) is 6.38. The van der Waals surface area contributed by atoms with Gasteiger partial charge < -0.3 is 15.1 Å². The Labute approximate surface area is 123 Å². The topological polar surface area (TPSA) is 18.5 Å². The molecule has 0 aliphatic carbocycles. The summed E-state index contributed by atoms with van der Waals surface area (Å²) in [5.74, 6) is 1.51. The van der Waals surface area contributed by atoms with Crippen LogP contribution in [0.5, 0.6) is 0 Å². The van der Waals surface area contributed by atoms with Gasteiger partial charge in [-0.1, -0.05) is 30.3 Å². The van der Waals surface area contributed by atoms with Crippen LogP contribution in [0.2, 0.25) is 0 Å². The molecule has 0 spiro atoms. The molecule has 3 nitrogen and oxygen atoms in total. The van der Waals surface area contributed by atoms with Gasteiger partial charge in [0, 0.05) is 39.3 Å². The minimum Gasteiger partial charge on any atom is -0.314 e. The van der Waals surface area contributed by atoms with E-state index in [4.69, 9.17) is 0 Å². The van der Waals surface area contributed by atoms with Crippen LogP contribution in [0.25, 0.3) is 0 Å². The molecule has 0 radical (unpaired) electrons. The van der Waals surface area contributed by atoms with Crippen LogP contribution >= 0.6 is 0 Å². The zero-order valence-electron chi connectivity index (χ0n) is 12.6. The van der Waals surface area contributed by atoms with Crippen LogP contribution in [0, 0.1) is 5.92 Å². The second kappa shape index (κ2) is 6.70. The number of hydrogen-bond donors (Lipinski definition) is 1. The Morgan fingerprint density at radius 1 is 1.10 bits per heavy atom. The molecule has 1 aromatic rings. The predicted octanol–water partition coefficient (Wildman–Crippen LogP) is 1.63. The summed E-state index contributed by atoms with van der Waals surface area (Å²) in [6, 6.07) is 11.1. The lowest BCUT2D eigenvalue weighted by molar-refractivity contribution is 0.124. The molecule has 2 heterocycles. The average Bonchev–Trinajstić information content (AvgIpc) is 2.49. The van der Waals surface area contributed by atoms with Crippen molar-refractivity contribution < 1.29 is 0 Å². The summed E-state index contributed by atoms with van der Waals surface area (Å²) in [5.41, 5.74) is 1.54. The SMILES string of the molecule is CN1CC[C@@H](c2ccccc2)[C@H](CN2CCNCC2)C1. The first-order valence-corrected chi connectivity index (χ1v) is 7.99. The van der Waals surface area contributed by atoms with Crippen LogP contribution in [0.3, 0.4) is 0 Å². The van der Waals surface area contributed by atoms with E-state index >= 15 is 0 Å². The van der Waals surface area contributed by atoms with E-state index in [0.29, 0.717) is 0 Å². The van der Waals surface area contributed by atoms with E-state index in [-0.39, 0.29) is 0 Å². The Balaban J connectivity index is 1.69. The Morgan fingerprint density at radius 2 is 1.85 bits per heavy atom. The Kier molecular flexibility index (Phi) is 4.71. The van der Waals surface area contributed by atoms with Crippen molar-refractivity contribution in [2.45, 2.75) is 12.3 Å². The van der Waals surface area contributed by atoms with Gasteiger partial charge in [0.1, 0.15) is 0 Å². The molecule has 20 heavy (non-hydrogen) atoms. The number of benzene rings is 1. The van der Waals surface area contributed by atoms with E-state index in [1.807, 2.05) is 0 Å². The summed E-state index contributed by atoms with van der Waals surface area (Å²) in [5, 5.41) is 3.45. The maximum Gasteiger partial charge on any atom is 0.0108 e. The largest absolute Gasteiger partial charge is 0.314 e. The molecule has 3 heteroatoms. The van der Waals surface area contributed by atoms with E-state index in [1.54, 1.807) is 5.56 Å². The quantitative estimate of drug-likeness (QED) is 0.903. The van der Waals surface area contributed by atoms with Crippen LogP contribution < -0.4 is 5.32 Å². The third-order valence-corrected chi connectivity index (χ3v) is 4.87. The number of nitrogens with one attached hydrogen (secondary N) is 1. The highest BCUT2D eigenvalue weighted by Crippen LogP contribution is 2.33. The molecule has 0 saturated carbocycles. The molecular formula is C17H27N3. The van der Waals surface area contributed by atoms with Gasteiger partial charge in [0.05, 0.1) is 0 Å². The second-order valence-electron chi connectivity index (χ2n) is 6.38. The van der Waals surface area contributed by atoms with Gasteiger partial charge >= 0.3 is 0 Å². The number of nitrogens with zero attached hydrogens (tertiary/aromatic N) is 2. The number of hydrogen-bond acceptors (Lipinski definition) is 3. The van der Waals surface area contributed by atoms with Crippen molar-refractivity contribution in [1.82, 2.24) is 15.1 Å². The zero-order valence-corrected chi connectivity index (χ0v) is 12.6. The first-order chi connectivity index (χ1) is 9.83. The fourth-order valence-corrected chi connectivity index (χ4v) is 3.76. The molecule has 1 aromatic carbocycles. The summed E-state index contributed by atoms with van der Waals surface area (Å²) in [6.45, 7) is 8.45. The lowest BCUT2D eigenvalue weighted by Gasteiger charge is -2.40. The summed E-state index contributed by atoms with van der Waals surface area (Å²) < 4.78 is 0. The molecule has 2 saturated heterocycles. The van der Waals surface area contributed by atoms with Gasteiger partial charge in [-0.15, -0.1) is 0 Å². The first kappa shape index (κ1) is 14.1. The summed E-state index contributed by atoms with van der Waals surface area (Å²) in [4.78, 5) is 5.16. The predicted molar refractivity (Wildman–Crippen MR) is 84.1 cm³/mol. The number of likely N-dealkylation sites (tertiary alicyclic amines) is 1. The van der Waals surface area contributed by atoms with Crippen LogP contribution in [0.15, 0.2) is 30.3 Å². The van der Waals surface area contributed by atoms with Crippen molar-refractivity contribution in [3.8, 4) is 0 Å². The van der Waals surface area contributed by atoms with Gasteiger partial charge in [-0.2, -0.15) is 0 Å². The third-order valence-electron chi connectivity index (χ3n) is 4.87. The van der Waals surface area contributed by atoms with E-state index in [1.165, 1.54) is 39.1 Å². The van der Waals surface area contributed by atoms with Gasteiger partial charge in [0.15, 0.2) is 0 Å². The molecule has 2 aliphatic rings. The summed E-state index contributed by atoms with van der Waals surface area (Å²) >= 11 is 0. The molecule has 2 fully saturated rings. The monoisotopic (exact) mass is 273 g/mol. The molecule has 0 bridgehead atoms. The van der Waals surface area contributed by atoms with Crippen LogP contribution in [-0.4, -0.2) is 62.7 Å². The molecule has 0 aromatic heterocycles. The van der Waals surface area contributed by atoms with E-state index < -0.39 is 0 Å². The van der Waals surface area contributed by atoms with Crippen molar-refractivity contribution >= 4 is 0 Å². The van der Waals surface area contributed by atoms with Gasteiger partial charge in [-0.25, -0.2) is 0 Å². The Hall–Kier alpha value is -0.900. The van der Waals surface area contributed by atoms with E-state index in [9.17, 15) is 0 Å². The summed E-state index contributed by atoms with van der Waals surface area (Å²) in [6.07, 6.45) is 1.30. The summed E-state index contributed by atoms with van der Waals surface area (Å²) in [7, 11) is 2.27. The van der Waals surface area contributed by atoms with Crippen molar-refractivity contribution in [3.05, 3.63) is 35.9 Å². The lowest BCUT2D eigenvalue weighted by atomic mass is 9.80. The Bertz CT molecular complexity index is 400. The van der Waals surface area contributed by atoms with Crippen molar-refractivity contribution in [1.29, 1.82) is 0 Å². The molecule has 2 atom stereocenters. The zero-order chi connectivity index (χ0) is 13.8. The number of piperidine rings is 1. The van der Waals surface area contributed by atoms with Crippen LogP contribution in [0.1, 0.15) is 17.9 Å². The molecule has 3 rings (SSSR count). The third kappa shape index (κ3) is 3.40. The highest BCUT2D eigenvalue weighted by Gasteiger charge is 2.30. The van der Waals surface area contributed by atoms with E-state index in [2.05, 4.69) is 52.5 Å². The maximum absolute atomic E-state index is 3.45. The lowest BCUT2D eigenvalue weighted by Crippen LogP contribution is -2.49. The number of rotatable bonds is 3. The van der Waals surface area contributed by atoms with Gasteiger partial charge in [-0.3, -0.25) is 0 Å². The normalized spacial score (nSPS) is 29.4. The molecule has 2 aliphatic heterocycles. The van der Waals surface area contributed by atoms with Gasteiger partial charge in [-0.05, 0) is 37.4 Å². The van der Waals surface area contributed by atoms with Crippen LogP contribution in [0.4, 0.5) is 0 Å². The smallest absolute Gasteiger partial charge is 0.0108 e. The molecule has 0 unspecified atom stereocenters. The highest BCUT2D eigenvalue weighted by atomic mass is 15.2. The van der Waals surface area contributed by atoms with Gasteiger partial charge in [0.2, 0.25) is 0 Å². The minimum absolute atomic E-state index is 0.738. The highest BCUT2D eigenvalue weighted by molar-refractivity contribution is 5.21. The standard InChI is InChI=1S/C17H27N3/c1-19-10-7-17(15-5-3-2-4-6-15)16(13-19)14-20-11-8-18-9-12-20/h2-6,16-18H,7-14H2,1H3/t16-,17-/m0/s1. The minimum atomic E-state index is 0.738. The average molecular weight is 273 g/mol. The Morgan fingerprint density at radius 3 is 2.60 bits per heavy atom. The fourth-order valence-electron chi connectivity index (χ4n) is 3.76. The maximum atomic E-state index is 3.45. The van der Waals surface area contributed by atoms with Crippen molar-refractivity contribution in [2.24, 2.45) is 5.92 Å². The number of piperazine rings is 1.